The maximum absolute atomic E-state index is 11.9. The van der Waals surface area contributed by atoms with E-state index in [4.69, 9.17) is 0 Å². The van der Waals surface area contributed by atoms with Crippen molar-refractivity contribution >= 4 is 0 Å². The van der Waals surface area contributed by atoms with Crippen LogP contribution in [0.4, 0.5) is 4.39 Å². The molecular weight excluding hydrogens is 93.1 g/mol. The van der Waals surface area contributed by atoms with Gasteiger partial charge in [0.25, 0.3) is 0 Å². The summed E-state index contributed by atoms with van der Waals surface area (Å²) in [6, 6.07) is 0. The molecule has 37 valence electrons. The quantitative estimate of drug-likeness (QED) is 0.441. The molecule has 1 radical (unpaired) electrons. The highest BCUT2D eigenvalue weighted by molar-refractivity contribution is 5.03. The molecule has 1 aliphatic heterocycles. The molecule has 1 heterocycles. The fourth-order valence-corrected chi connectivity index (χ4v) is 0.371. The Bertz CT molecular complexity index is 107. The molecule has 0 aromatic carbocycles. The molecule has 0 bridgehead atoms. The summed E-state index contributed by atoms with van der Waals surface area (Å²) in [5, 5.41) is 2.39. The highest BCUT2D eigenvalue weighted by Gasteiger charge is 1.95. The van der Waals surface area contributed by atoms with Crippen molar-refractivity contribution in [1.29, 1.82) is 0 Å². The van der Waals surface area contributed by atoms with Gasteiger partial charge in [0.15, 0.2) is 6.30 Å². The van der Waals surface area contributed by atoms with Crippen LogP contribution in [-0.2, 0) is 0 Å². The molecule has 0 amide bonds. The fourth-order valence-electron chi connectivity index (χ4n) is 0.371. The number of nitrogens with one attached hydrogen (secondary N) is 1. The molecule has 0 aromatic heterocycles. The van der Waals surface area contributed by atoms with Gasteiger partial charge >= 0.3 is 0 Å². The standard InChI is InChI=1S/C5H5FN/c6-5-3-1-2-4-7-5/h1,3-5,7H. The molecular formula is C5H5FN. The molecule has 0 saturated heterocycles. The van der Waals surface area contributed by atoms with Crippen LogP contribution in [0.2, 0.25) is 0 Å². The monoisotopic (exact) mass is 98.0 g/mol. The first-order valence-electron chi connectivity index (χ1n) is 2.04. The Balaban J connectivity index is 2.49. The van der Waals surface area contributed by atoms with Crippen LogP contribution in [0.25, 0.3) is 0 Å². The van der Waals surface area contributed by atoms with Crippen molar-refractivity contribution in [2.75, 3.05) is 0 Å². The van der Waals surface area contributed by atoms with Gasteiger partial charge in [0.1, 0.15) is 0 Å². The van der Waals surface area contributed by atoms with Gasteiger partial charge in [-0.25, -0.2) is 4.39 Å². The molecule has 0 aromatic rings. The Labute approximate surface area is 41.5 Å². The molecule has 0 saturated carbocycles. The van der Waals surface area contributed by atoms with Crippen LogP contribution in [0.3, 0.4) is 0 Å². The zero-order valence-electron chi connectivity index (χ0n) is 3.69. The number of dihydropyridines is 1. The molecule has 0 aliphatic carbocycles. The van der Waals surface area contributed by atoms with E-state index in [0.29, 0.717) is 0 Å². The van der Waals surface area contributed by atoms with E-state index in [1.54, 1.807) is 6.08 Å². The molecule has 1 nitrogen and oxygen atoms in total. The summed E-state index contributed by atoms with van der Waals surface area (Å²) in [5.41, 5.74) is 0. The van der Waals surface area contributed by atoms with Crippen molar-refractivity contribution in [3.63, 3.8) is 0 Å². The predicted molar refractivity (Wildman–Crippen MR) is 25.0 cm³/mol. The van der Waals surface area contributed by atoms with Gasteiger partial charge in [-0.15, -0.1) is 0 Å². The Hall–Kier alpha value is -0.790. The lowest BCUT2D eigenvalue weighted by molar-refractivity contribution is 0.364. The van der Waals surface area contributed by atoms with Gasteiger partial charge in [0.05, 0.1) is 0 Å². The molecule has 2 heteroatoms. The first kappa shape index (κ1) is 4.37. The Morgan fingerprint density at radius 1 is 1.71 bits per heavy atom. The molecule has 1 atom stereocenters. The van der Waals surface area contributed by atoms with E-state index in [2.05, 4.69) is 11.4 Å². The van der Waals surface area contributed by atoms with E-state index < -0.39 is 6.30 Å². The lowest BCUT2D eigenvalue weighted by atomic mass is 10.4. The van der Waals surface area contributed by atoms with E-state index in [1.807, 2.05) is 0 Å². The van der Waals surface area contributed by atoms with Crippen molar-refractivity contribution < 1.29 is 4.39 Å². The maximum Gasteiger partial charge on any atom is 0.188 e. The van der Waals surface area contributed by atoms with Crippen LogP contribution in [0, 0.1) is 6.08 Å². The van der Waals surface area contributed by atoms with Gasteiger partial charge in [-0.3, -0.25) is 0 Å². The largest absolute Gasteiger partial charge is 0.358 e. The van der Waals surface area contributed by atoms with E-state index in [9.17, 15) is 4.39 Å². The molecule has 1 N–H and O–H groups in total. The minimum absolute atomic E-state index is 1.01. The van der Waals surface area contributed by atoms with Crippen LogP contribution < -0.4 is 5.32 Å². The van der Waals surface area contributed by atoms with Gasteiger partial charge in [-0.05, 0) is 12.2 Å². The number of alkyl halides is 1. The summed E-state index contributed by atoms with van der Waals surface area (Å²) < 4.78 is 11.9. The number of hydrogen-bond acceptors (Lipinski definition) is 1. The number of allylic oxidation sites excluding steroid dienone is 2. The van der Waals surface area contributed by atoms with Crippen molar-refractivity contribution in [3.8, 4) is 0 Å². The molecule has 0 fully saturated rings. The fraction of sp³-hybridized carbons (Fsp3) is 0.200. The van der Waals surface area contributed by atoms with Crippen LogP contribution in [0.1, 0.15) is 0 Å². The average molecular weight is 98.1 g/mol. The van der Waals surface area contributed by atoms with E-state index in [-0.39, 0.29) is 0 Å². The van der Waals surface area contributed by atoms with E-state index in [1.165, 1.54) is 12.3 Å². The summed E-state index contributed by atoms with van der Waals surface area (Å²) in [4.78, 5) is 0. The Kier molecular flexibility index (Phi) is 1.11. The van der Waals surface area contributed by atoms with Gasteiger partial charge in [-0.2, -0.15) is 0 Å². The number of hydrogen-bond donors (Lipinski definition) is 1. The van der Waals surface area contributed by atoms with E-state index >= 15 is 0 Å². The normalized spacial score (nSPS) is 27.3. The van der Waals surface area contributed by atoms with Crippen LogP contribution >= 0.6 is 0 Å². The smallest absolute Gasteiger partial charge is 0.188 e. The highest BCUT2D eigenvalue weighted by Crippen LogP contribution is 1.92. The van der Waals surface area contributed by atoms with Crippen LogP contribution in [0.15, 0.2) is 18.4 Å². The van der Waals surface area contributed by atoms with Gasteiger partial charge in [-0.1, -0.05) is 6.08 Å². The molecule has 1 aliphatic rings. The van der Waals surface area contributed by atoms with Crippen LogP contribution in [0.5, 0.6) is 0 Å². The topological polar surface area (TPSA) is 12.0 Å². The minimum Gasteiger partial charge on any atom is -0.358 e. The lowest BCUT2D eigenvalue weighted by Crippen LogP contribution is -2.17. The summed E-state index contributed by atoms with van der Waals surface area (Å²) >= 11 is 0. The second-order valence-electron chi connectivity index (χ2n) is 1.24. The van der Waals surface area contributed by atoms with Crippen LogP contribution in [-0.4, -0.2) is 6.30 Å². The van der Waals surface area contributed by atoms with Crippen molar-refractivity contribution in [1.82, 2.24) is 5.32 Å². The molecule has 1 unspecified atom stereocenters. The van der Waals surface area contributed by atoms with Crippen molar-refractivity contribution in [3.05, 3.63) is 24.4 Å². The third kappa shape index (κ3) is 1.03. The first-order valence-corrected chi connectivity index (χ1v) is 2.04. The van der Waals surface area contributed by atoms with Crippen molar-refractivity contribution in [2.24, 2.45) is 0 Å². The first-order chi connectivity index (χ1) is 3.39. The summed E-state index contributed by atoms with van der Waals surface area (Å²) in [6.07, 6.45) is 6.03. The zero-order chi connectivity index (χ0) is 5.11. The third-order valence-electron chi connectivity index (χ3n) is 0.687. The van der Waals surface area contributed by atoms with Gasteiger partial charge in [0, 0.05) is 6.20 Å². The second-order valence-corrected chi connectivity index (χ2v) is 1.24. The summed E-state index contributed by atoms with van der Waals surface area (Å²) in [5.74, 6) is 0. The predicted octanol–water partition coefficient (Wildman–Crippen LogP) is 0.758. The van der Waals surface area contributed by atoms with Gasteiger partial charge < -0.3 is 5.32 Å². The SMILES string of the molecule is FC1C=C[C]=CN1. The lowest BCUT2D eigenvalue weighted by Gasteiger charge is -2.02. The molecule has 7 heavy (non-hydrogen) atoms. The molecule has 0 spiro atoms. The van der Waals surface area contributed by atoms with Gasteiger partial charge in [0.2, 0.25) is 0 Å². The Morgan fingerprint density at radius 2 is 2.57 bits per heavy atom. The minimum atomic E-state index is -1.01. The maximum atomic E-state index is 11.9. The third-order valence-corrected chi connectivity index (χ3v) is 0.687. The highest BCUT2D eigenvalue weighted by atomic mass is 19.1. The summed E-state index contributed by atoms with van der Waals surface area (Å²) in [6.45, 7) is 0. The molecule has 1 rings (SSSR count). The zero-order valence-corrected chi connectivity index (χ0v) is 3.69. The van der Waals surface area contributed by atoms with Crippen molar-refractivity contribution in [2.45, 2.75) is 6.30 Å². The number of halogens is 1. The summed E-state index contributed by atoms with van der Waals surface area (Å²) in [7, 11) is 0. The number of rotatable bonds is 0. The average Bonchev–Trinajstić information content (AvgIpc) is 1.69. The Morgan fingerprint density at radius 3 is 2.86 bits per heavy atom. The second kappa shape index (κ2) is 1.78. The van der Waals surface area contributed by atoms with E-state index in [0.717, 1.165) is 0 Å².